The van der Waals surface area contributed by atoms with E-state index < -0.39 is 10.8 Å². The maximum Gasteiger partial charge on any atom is 0.141 e. The van der Waals surface area contributed by atoms with Gasteiger partial charge in [0, 0.05) is 23.3 Å². The van der Waals surface area contributed by atoms with Gasteiger partial charge in [-0.3, -0.25) is 4.21 Å². The highest BCUT2D eigenvalue weighted by molar-refractivity contribution is 7.85. The number of rotatable bonds is 3. The van der Waals surface area contributed by atoms with Gasteiger partial charge < -0.3 is 9.63 Å². The van der Waals surface area contributed by atoms with Crippen molar-refractivity contribution in [2.45, 2.75) is 25.7 Å². The van der Waals surface area contributed by atoms with E-state index in [4.69, 9.17) is 9.63 Å². The van der Waals surface area contributed by atoms with Crippen LogP contribution in [0.4, 0.5) is 0 Å². The predicted molar refractivity (Wildman–Crippen MR) is 76.5 cm³/mol. The van der Waals surface area contributed by atoms with E-state index in [0.717, 1.165) is 34.6 Å². The topological polar surface area (TPSA) is 63.3 Å². The Kier molecular flexibility index (Phi) is 5.92. The first-order valence-electron chi connectivity index (χ1n) is 6.00. The van der Waals surface area contributed by atoms with Crippen molar-refractivity contribution in [3.8, 4) is 11.1 Å². The molecule has 4 nitrogen and oxygen atoms in total. The van der Waals surface area contributed by atoms with Crippen LogP contribution in [0.2, 0.25) is 0 Å². The van der Waals surface area contributed by atoms with Crippen LogP contribution in [0.15, 0.2) is 33.7 Å². The molecule has 0 bridgehead atoms. The van der Waals surface area contributed by atoms with Crippen LogP contribution in [-0.2, 0) is 10.8 Å². The molecule has 0 aliphatic carbocycles. The highest BCUT2D eigenvalue weighted by Crippen LogP contribution is 2.27. The standard InChI is InChI=1S/C13H15NO2S.CH4O/c1-4-17(15)12-7-5-11(6-8-12)13-9(2)14-16-10(13)3;1-2/h5-8H,4H2,1-3H3;2H,1H3. The molecule has 1 atom stereocenters. The van der Waals surface area contributed by atoms with Gasteiger partial charge in [0.15, 0.2) is 0 Å². The lowest BCUT2D eigenvalue weighted by Crippen LogP contribution is -1.93. The van der Waals surface area contributed by atoms with Gasteiger partial charge in [0.25, 0.3) is 0 Å². The zero-order chi connectivity index (χ0) is 14.4. The molecular weight excluding hydrogens is 262 g/mol. The number of aliphatic hydroxyl groups is 1. The Balaban J connectivity index is 0.000000861. The molecule has 1 unspecified atom stereocenters. The summed E-state index contributed by atoms with van der Waals surface area (Å²) < 4.78 is 16.8. The molecule has 0 fully saturated rings. The van der Waals surface area contributed by atoms with Crippen molar-refractivity contribution in [1.82, 2.24) is 5.16 Å². The van der Waals surface area contributed by atoms with Crippen LogP contribution >= 0.6 is 0 Å². The first-order valence-corrected chi connectivity index (χ1v) is 7.31. The molecule has 0 aliphatic rings. The molecule has 2 aromatic rings. The normalized spacial score (nSPS) is 11.6. The molecule has 104 valence electrons. The van der Waals surface area contributed by atoms with E-state index in [1.807, 2.05) is 45.0 Å². The van der Waals surface area contributed by atoms with Crippen molar-refractivity contribution in [2.75, 3.05) is 12.9 Å². The lowest BCUT2D eigenvalue weighted by Gasteiger charge is -2.02. The first-order chi connectivity index (χ1) is 9.13. The Bertz CT molecular complexity index is 527. The molecule has 0 amide bonds. The second kappa shape index (κ2) is 7.21. The molecule has 2 rings (SSSR count). The summed E-state index contributed by atoms with van der Waals surface area (Å²) in [7, 11) is 0.105. The SMILES string of the molecule is CCS(=O)c1ccc(-c2c(C)noc2C)cc1.CO. The van der Waals surface area contributed by atoms with Crippen LogP contribution in [0.5, 0.6) is 0 Å². The van der Waals surface area contributed by atoms with Crippen LogP contribution in [0, 0.1) is 13.8 Å². The third-order valence-corrected chi connectivity index (χ3v) is 4.02. The van der Waals surface area contributed by atoms with Crippen molar-refractivity contribution >= 4 is 10.8 Å². The van der Waals surface area contributed by atoms with E-state index in [-0.39, 0.29) is 0 Å². The summed E-state index contributed by atoms with van der Waals surface area (Å²) in [6, 6.07) is 7.74. The van der Waals surface area contributed by atoms with E-state index in [2.05, 4.69) is 5.16 Å². The largest absolute Gasteiger partial charge is 0.400 e. The molecule has 1 N–H and O–H groups in total. The molecular formula is C14H19NO3S. The Labute approximate surface area is 115 Å². The Morgan fingerprint density at radius 1 is 1.21 bits per heavy atom. The van der Waals surface area contributed by atoms with Crippen molar-refractivity contribution in [3.63, 3.8) is 0 Å². The van der Waals surface area contributed by atoms with Gasteiger partial charge in [-0.15, -0.1) is 0 Å². The molecule has 1 aromatic heterocycles. The van der Waals surface area contributed by atoms with Gasteiger partial charge in [0.2, 0.25) is 0 Å². The zero-order valence-corrected chi connectivity index (χ0v) is 12.5. The summed E-state index contributed by atoms with van der Waals surface area (Å²) in [4.78, 5) is 0.864. The highest BCUT2D eigenvalue weighted by Gasteiger charge is 2.11. The second-order valence-corrected chi connectivity index (χ2v) is 5.60. The van der Waals surface area contributed by atoms with Crippen molar-refractivity contribution in [3.05, 3.63) is 35.7 Å². The monoisotopic (exact) mass is 281 g/mol. The fraction of sp³-hybridized carbons (Fsp3) is 0.357. The third kappa shape index (κ3) is 3.52. The number of aromatic nitrogens is 1. The molecule has 1 heterocycles. The molecule has 0 saturated carbocycles. The predicted octanol–water partition coefficient (Wildman–Crippen LogP) is 2.69. The summed E-state index contributed by atoms with van der Waals surface area (Å²) in [5, 5.41) is 10.9. The van der Waals surface area contributed by atoms with Gasteiger partial charge in [-0.1, -0.05) is 24.2 Å². The van der Waals surface area contributed by atoms with Crippen LogP contribution < -0.4 is 0 Å². The minimum Gasteiger partial charge on any atom is -0.400 e. The summed E-state index contributed by atoms with van der Waals surface area (Å²) in [6.45, 7) is 5.73. The molecule has 0 radical (unpaired) electrons. The summed E-state index contributed by atoms with van der Waals surface area (Å²) in [6.07, 6.45) is 0. The number of aliphatic hydroxyl groups excluding tert-OH is 1. The van der Waals surface area contributed by atoms with Crippen molar-refractivity contribution in [1.29, 1.82) is 0 Å². The second-order valence-electron chi connectivity index (χ2n) is 3.86. The van der Waals surface area contributed by atoms with Gasteiger partial charge >= 0.3 is 0 Å². The zero-order valence-electron chi connectivity index (χ0n) is 11.6. The van der Waals surface area contributed by atoms with Crippen molar-refractivity contribution in [2.24, 2.45) is 0 Å². The van der Waals surface area contributed by atoms with Crippen LogP contribution in [0.25, 0.3) is 11.1 Å². The summed E-state index contributed by atoms with van der Waals surface area (Å²) in [5.41, 5.74) is 2.96. The van der Waals surface area contributed by atoms with E-state index in [1.165, 1.54) is 0 Å². The average molecular weight is 281 g/mol. The first kappa shape index (κ1) is 15.6. The van der Waals surface area contributed by atoms with Gasteiger partial charge in [-0.2, -0.15) is 0 Å². The summed E-state index contributed by atoms with van der Waals surface area (Å²) >= 11 is 0. The van der Waals surface area contributed by atoms with Crippen LogP contribution in [0.3, 0.4) is 0 Å². The highest BCUT2D eigenvalue weighted by atomic mass is 32.2. The van der Waals surface area contributed by atoms with E-state index in [1.54, 1.807) is 0 Å². The van der Waals surface area contributed by atoms with E-state index in [0.29, 0.717) is 5.75 Å². The molecule has 5 heteroatoms. The maximum atomic E-state index is 11.6. The van der Waals surface area contributed by atoms with Gasteiger partial charge in [0.1, 0.15) is 5.76 Å². The molecule has 19 heavy (non-hydrogen) atoms. The average Bonchev–Trinajstić information content (AvgIpc) is 2.80. The molecule has 0 spiro atoms. The maximum absolute atomic E-state index is 11.6. The number of aryl methyl sites for hydroxylation is 2. The summed E-state index contributed by atoms with van der Waals surface area (Å²) in [5.74, 6) is 1.46. The van der Waals surface area contributed by atoms with Gasteiger partial charge in [-0.25, -0.2) is 0 Å². The van der Waals surface area contributed by atoms with Crippen LogP contribution in [0.1, 0.15) is 18.4 Å². The number of benzene rings is 1. The minimum absolute atomic E-state index is 0.644. The van der Waals surface area contributed by atoms with E-state index >= 15 is 0 Å². The lowest BCUT2D eigenvalue weighted by molar-refractivity contribution is 0.393. The Morgan fingerprint density at radius 2 is 1.79 bits per heavy atom. The number of hydrogen-bond acceptors (Lipinski definition) is 4. The fourth-order valence-corrected chi connectivity index (χ4v) is 2.61. The molecule has 0 aliphatic heterocycles. The van der Waals surface area contributed by atoms with Gasteiger partial charge in [-0.05, 0) is 31.5 Å². The van der Waals surface area contributed by atoms with Gasteiger partial charge in [0.05, 0.1) is 16.5 Å². The quantitative estimate of drug-likeness (QED) is 0.939. The molecule has 1 aromatic carbocycles. The minimum atomic E-state index is -0.895. The number of hydrogen-bond donors (Lipinski definition) is 1. The Morgan fingerprint density at radius 3 is 2.21 bits per heavy atom. The molecule has 0 saturated heterocycles. The van der Waals surface area contributed by atoms with E-state index in [9.17, 15) is 4.21 Å². The van der Waals surface area contributed by atoms with Crippen LogP contribution in [-0.4, -0.2) is 27.3 Å². The smallest absolute Gasteiger partial charge is 0.141 e. The fourth-order valence-electron chi connectivity index (χ4n) is 1.84. The number of nitrogens with zero attached hydrogens (tertiary/aromatic N) is 1. The lowest BCUT2D eigenvalue weighted by atomic mass is 10.0. The Hall–Kier alpha value is -1.46. The van der Waals surface area contributed by atoms with Crippen molar-refractivity contribution < 1.29 is 13.8 Å². The third-order valence-electron chi connectivity index (χ3n) is 2.70.